The van der Waals surface area contributed by atoms with Gasteiger partial charge in [-0.25, -0.2) is 0 Å². The van der Waals surface area contributed by atoms with E-state index in [1.54, 1.807) is 24.9 Å². The number of nitrogens with zero attached hydrogens (tertiary/aromatic N) is 3. The summed E-state index contributed by atoms with van der Waals surface area (Å²) in [5.74, 6) is 0.838. The molecule has 1 aliphatic rings. The topological polar surface area (TPSA) is 67.6 Å². The zero-order chi connectivity index (χ0) is 18.7. The van der Waals surface area contributed by atoms with Crippen molar-refractivity contribution < 1.29 is 14.6 Å². The maximum atomic E-state index is 12.8. The average molecular weight is 357 g/mol. The highest BCUT2D eigenvalue weighted by Crippen LogP contribution is 2.35. The Bertz CT molecular complexity index is 752. The molecule has 0 aliphatic carbocycles. The van der Waals surface area contributed by atoms with E-state index >= 15 is 0 Å². The first-order valence-corrected chi connectivity index (χ1v) is 9.05. The molecule has 26 heavy (non-hydrogen) atoms. The average Bonchev–Trinajstić information content (AvgIpc) is 3.29. The van der Waals surface area contributed by atoms with Crippen molar-refractivity contribution in [1.29, 1.82) is 0 Å². The van der Waals surface area contributed by atoms with Crippen molar-refractivity contribution in [3.63, 3.8) is 0 Å². The Morgan fingerprint density at radius 1 is 1.38 bits per heavy atom. The molecule has 0 bridgehead atoms. The van der Waals surface area contributed by atoms with Crippen LogP contribution in [0.2, 0.25) is 0 Å². The van der Waals surface area contributed by atoms with Gasteiger partial charge in [-0.2, -0.15) is 5.10 Å². The van der Waals surface area contributed by atoms with Gasteiger partial charge in [0.1, 0.15) is 11.4 Å². The summed E-state index contributed by atoms with van der Waals surface area (Å²) < 4.78 is 6.93. The first kappa shape index (κ1) is 18.5. The first-order valence-electron chi connectivity index (χ1n) is 9.05. The van der Waals surface area contributed by atoms with E-state index in [1.807, 2.05) is 42.4 Å². The molecule has 1 aromatic heterocycles. The molecule has 0 unspecified atom stereocenters. The maximum absolute atomic E-state index is 12.8. The summed E-state index contributed by atoms with van der Waals surface area (Å²) in [5.41, 5.74) is 0.765. The third-order valence-corrected chi connectivity index (χ3v) is 5.28. The molecule has 2 atom stereocenters. The molecule has 1 aromatic carbocycles. The van der Waals surface area contributed by atoms with Crippen LogP contribution in [0.5, 0.6) is 5.75 Å². The van der Waals surface area contributed by atoms with E-state index in [0.717, 1.165) is 29.7 Å². The van der Waals surface area contributed by atoms with Gasteiger partial charge in [0.2, 0.25) is 5.91 Å². The number of rotatable bonds is 6. The van der Waals surface area contributed by atoms with Gasteiger partial charge < -0.3 is 14.7 Å². The zero-order valence-corrected chi connectivity index (χ0v) is 15.7. The number of ether oxygens (including phenoxy) is 1. The summed E-state index contributed by atoms with van der Waals surface area (Å²) >= 11 is 0. The number of hydrogen-bond acceptors (Lipinski definition) is 4. The minimum atomic E-state index is -1.09. The summed E-state index contributed by atoms with van der Waals surface area (Å²) in [5, 5.41) is 15.4. The molecule has 1 aliphatic heterocycles. The highest BCUT2D eigenvalue weighted by Gasteiger charge is 2.42. The fourth-order valence-corrected chi connectivity index (χ4v) is 3.77. The van der Waals surface area contributed by atoms with Crippen LogP contribution >= 0.6 is 0 Å². The SMILES string of the molecule is COc1ccc([C@@](C)(O)[C@H]2CCCN2C(=O)CCc2cnn(C)c2)cc1. The van der Waals surface area contributed by atoms with Crippen molar-refractivity contribution in [3.05, 3.63) is 47.8 Å². The summed E-state index contributed by atoms with van der Waals surface area (Å²) in [7, 11) is 3.49. The van der Waals surface area contributed by atoms with E-state index in [4.69, 9.17) is 4.74 Å². The second kappa shape index (κ2) is 7.50. The van der Waals surface area contributed by atoms with Gasteiger partial charge in [-0.1, -0.05) is 12.1 Å². The molecular weight excluding hydrogens is 330 g/mol. The second-order valence-electron chi connectivity index (χ2n) is 7.14. The van der Waals surface area contributed by atoms with Crippen LogP contribution < -0.4 is 4.74 Å². The monoisotopic (exact) mass is 357 g/mol. The lowest BCUT2D eigenvalue weighted by atomic mass is 9.86. The molecular formula is C20H27N3O3. The van der Waals surface area contributed by atoms with Crippen LogP contribution in [0.3, 0.4) is 0 Å². The van der Waals surface area contributed by atoms with E-state index < -0.39 is 5.60 Å². The Morgan fingerprint density at radius 2 is 2.12 bits per heavy atom. The van der Waals surface area contributed by atoms with Crippen LogP contribution in [-0.2, 0) is 23.9 Å². The molecule has 0 radical (unpaired) electrons. The lowest BCUT2D eigenvalue weighted by Gasteiger charge is -2.37. The van der Waals surface area contributed by atoms with Gasteiger partial charge in [-0.05, 0) is 49.4 Å². The molecule has 0 spiro atoms. The lowest BCUT2D eigenvalue weighted by molar-refractivity contribution is -0.137. The highest BCUT2D eigenvalue weighted by molar-refractivity contribution is 5.77. The molecule has 6 nitrogen and oxygen atoms in total. The molecule has 1 saturated heterocycles. The number of aliphatic hydroxyl groups is 1. The standard InChI is InChI=1S/C20H27N3O3/c1-20(25,16-7-9-17(26-3)10-8-16)18-5-4-12-23(18)19(24)11-6-15-13-21-22(2)14-15/h7-10,13-14,18,25H,4-6,11-12H2,1-3H3/t18-,20-/m1/s1. The molecule has 1 fully saturated rings. The highest BCUT2D eigenvalue weighted by atomic mass is 16.5. The van der Waals surface area contributed by atoms with Crippen molar-refractivity contribution in [2.24, 2.45) is 7.05 Å². The fourth-order valence-electron chi connectivity index (χ4n) is 3.77. The number of amides is 1. The van der Waals surface area contributed by atoms with Crippen LogP contribution in [0.15, 0.2) is 36.7 Å². The van der Waals surface area contributed by atoms with Gasteiger partial charge in [0.25, 0.3) is 0 Å². The molecule has 3 rings (SSSR count). The van der Waals surface area contributed by atoms with E-state index in [1.165, 1.54) is 0 Å². The van der Waals surface area contributed by atoms with Gasteiger partial charge >= 0.3 is 0 Å². The van der Waals surface area contributed by atoms with E-state index in [9.17, 15) is 9.90 Å². The lowest BCUT2D eigenvalue weighted by Crippen LogP contribution is -2.48. The molecule has 2 aromatic rings. The van der Waals surface area contributed by atoms with Crippen LogP contribution in [0.25, 0.3) is 0 Å². The number of carbonyl (C=O) groups is 1. The molecule has 1 N–H and O–H groups in total. The number of methoxy groups -OCH3 is 1. The van der Waals surface area contributed by atoms with Gasteiger partial charge in [-0.3, -0.25) is 9.48 Å². The maximum Gasteiger partial charge on any atom is 0.223 e. The molecule has 6 heteroatoms. The van der Waals surface area contributed by atoms with Crippen LogP contribution in [0.4, 0.5) is 0 Å². The van der Waals surface area contributed by atoms with Gasteiger partial charge in [0, 0.05) is 26.2 Å². The Hall–Kier alpha value is -2.34. The Morgan fingerprint density at radius 3 is 2.73 bits per heavy atom. The predicted molar refractivity (Wildman–Crippen MR) is 98.8 cm³/mol. The largest absolute Gasteiger partial charge is 0.497 e. The Labute approximate surface area is 154 Å². The molecule has 140 valence electrons. The minimum Gasteiger partial charge on any atom is -0.497 e. The Kier molecular flexibility index (Phi) is 5.32. The number of aromatic nitrogens is 2. The second-order valence-corrected chi connectivity index (χ2v) is 7.14. The summed E-state index contributed by atoms with van der Waals surface area (Å²) in [6, 6.07) is 7.21. The minimum absolute atomic E-state index is 0.0881. The van der Waals surface area contributed by atoms with Gasteiger partial charge in [0.15, 0.2) is 0 Å². The summed E-state index contributed by atoms with van der Waals surface area (Å²) in [6.07, 6.45) is 6.54. The fraction of sp³-hybridized carbons (Fsp3) is 0.500. The number of benzene rings is 1. The molecule has 2 heterocycles. The number of hydrogen-bond donors (Lipinski definition) is 1. The summed E-state index contributed by atoms with van der Waals surface area (Å²) in [6.45, 7) is 2.50. The number of carbonyl (C=O) groups excluding carboxylic acids is 1. The number of aryl methyl sites for hydroxylation is 2. The Balaban J connectivity index is 1.70. The van der Waals surface area contributed by atoms with Crippen LogP contribution in [-0.4, -0.2) is 45.4 Å². The summed E-state index contributed by atoms with van der Waals surface area (Å²) in [4.78, 5) is 14.6. The normalized spacial score (nSPS) is 19.4. The predicted octanol–water partition coefficient (Wildman–Crippen LogP) is 2.26. The third kappa shape index (κ3) is 3.75. The van der Waals surface area contributed by atoms with Crippen molar-refractivity contribution in [3.8, 4) is 5.75 Å². The smallest absolute Gasteiger partial charge is 0.223 e. The molecule has 0 saturated carbocycles. The van der Waals surface area contributed by atoms with E-state index in [-0.39, 0.29) is 11.9 Å². The van der Waals surface area contributed by atoms with Crippen molar-refractivity contribution in [2.75, 3.05) is 13.7 Å². The van der Waals surface area contributed by atoms with E-state index in [0.29, 0.717) is 19.4 Å². The van der Waals surface area contributed by atoms with Crippen molar-refractivity contribution in [1.82, 2.24) is 14.7 Å². The van der Waals surface area contributed by atoms with Crippen molar-refractivity contribution >= 4 is 5.91 Å². The first-order chi connectivity index (χ1) is 12.4. The van der Waals surface area contributed by atoms with E-state index in [2.05, 4.69) is 5.10 Å². The van der Waals surface area contributed by atoms with Crippen LogP contribution in [0, 0.1) is 0 Å². The quantitative estimate of drug-likeness (QED) is 0.861. The zero-order valence-electron chi connectivity index (χ0n) is 15.7. The molecule has 1 amide bonds. The third-order valence-electron chi connectivity index (χ3n) is 5.28. The van der Waals surface area contributed by atoms with Crippen LogP contribution in [0.1, 0.15) is 37.3 Å². The van der Waals surface area contributed by atoms with Crippen molar-refractivity contribution in [2.45, 2.75) is 44.2 Å². The number of likely N-dealkylation sites (tertiary alicyclic amines) is 1. The van der Waals surface area contributed by atoms with Gasteiger partial charge in [-0.15, -0.1) is 0 Å². The van der Waals surface area contributed by atoms with Gasteiger partial charge in [0.05, 0.1) is 19.3 Å².